The zero-order chi connectivity index (χ0) is 14.9. The molecule has 0 saturated carbocycles. The highest BCUT2D eigenvalue weighted by Crippen LogP contribution is 2.37. The molecule has 7 heteroatoms. The van der Waals surface area contributed by atoms with Crippen molar-refractivity contribution >= 4 is 17.3 Å². The molecule has 0 spiro atoms. The van der Waals surface area contributed by atoms with Gasteiger partial charge in [-0.3, -0.25) is 10.1 Å². The fourth-order valence-electron chi connectivity index (χ4n) is 1.66. The molecule has 0 aromatic heterocycles. The van der Waals surface area contributed by atoms with Crippen molar-refractivity contribution in [2.45, 2.75) is 6.18 Å². The first-order valence-electron chi connectivity index (χ1n) is 5.32. The smallest absolute Gasteiger partial charge is 0.258 e. The maximum Gasteiger partial charge on any atom is 0.417 e. The largest absolute Gasteiger partial charge is 0.417 e. The number of hydrogen-bond acceptors (Lipinski definition) is 2. The quantitative estimate of drug-likeness (QED) is 0.594. The van der Waals surface area contributed by atoms with Gasteiger partial charge >= 0.3 is 6.18 Å². The van der Waals surface area contributed by atoms with Crippen molar-refractivity contribution in [1.29, 1.82) is 0 Å². The van der Waals surface area contributed by atoms with Crippen molar-refractivity contribution in [3.63, 3.8) is 0 Å². The minimum atomic E-state index is -4.58. The molecule has 0 amide bonds. The Bertz CT molecular complexity index is 671. The van der Waals surface area contributed by atoms with Crippen LogP contribution in [0.1, 0.15) is 5.56 Å². The highest BCUT2D eigenvalue weighted by Gasteiger charge is 2.33. The number of benzene rings is 2. The summed E-state index contributed by atoms with van der Waals surface area (Å²) in [5, 5.41) is 10.2. The van der Waals surface area contributed by atoms with Crippen LogP contribution in [-0.4, -0.2) is 4.92 Å². The second kappa shape index (κ2) is 5.13. The lowest BCUT2D eigenvalue weighted by Crippen LogP contribution is -2.05. The second-order valence-electron chi connectivity index (χ2n) is 3.91. The summed E-state index contributed by atoms with van der Waals surface area (Å²) in [7, 11) is 0. The average Bonchev–Trinajstić information content (AvgIpc) is 2.38. The Labute approximate surface area is 116 Å². The summed E-state index contributed by atoms with van der Waals surface area (Å²) < 4.78 is 38.3. The maximum atomic E-state index is 12.8. The summed E-state index contributed by atoms with van der Waals surface area (Å²) >= 11 is 5.52. The molecule has 2 rings (SSSR count). The van der Waals surface area contributed by atoms with Gasteiger partial charge in [0.2, 0.25) is 0 Å². The third-order valence-electron chi connectivity index (χ3n) is 2.59. The molecule has 3 nitrogen and oxygen atoms in total. The predicted octanol–water partition coefficient (Wildman–Crippen LogP) is 4.73. The van der Waals surface area contributed by atoms with Crippen molar-refractivity contribution in [3.8, 4) is 11.1 Å². The lowest BCUT2D eigenvalue weighted by atomic mass is 10.0. The standard InChI is InChI=1S/C13H6ClF3NO2/c14-12-5-4-9(7-11(12)13(15,16)17)8-2-1-3-10(6-8)18(19)20/h1-2,4-7H. The first-order chi connectivity index (χ1) is 9.29. The summed E-state index contributed by atoms with van der Waals surface area (Å²) in [5.74, 6) is 0. The molecule has 103 valence electrons. The number of non-ortho nitro benzene ring substituents is 1. The normalized spacial score (nSPS) is 11.4. The van der Waals surface area contributed by atoms with E-state index in [9.17, 15) is 23.3 Å². The molecule has 2 aromatic rings. The molecule has 0 aliphatic heterocycles. The number of nitrogens with zero attached hydrogens (tertiary/aromatic N) is 1. The van der Waals surface area contributed by atoms with E-state index in [2.05, 4.69) is 6.07 Å². The molecular formula is C13H6ClF3NO2. The first-order valence-corrected chi connectivity index (χ1v) is 5.70. The van der Waals surface area contributed by atoms with E-state index in [1.807, 2.05) is 0 Å². The SMILES string of the molecule is O=[N+]([O-])c1[c]ccc(-c2ccc(Cl)c(C(F)(F)F)c2)c1. The van der Waals surface area contributed by atoms with E-state index in [4.69, 9.17) is 11.6 Å². The van der Waals surface area contributed by atoms with Gasteiger partial charge in [-0.15, -0.1) is 0 Å². The van der Waals surface area contributed by atoms with Crippen molar-refractivity contribution in [2.24, 2.45) is 0 Å². The third-order valence-corrected chi connectivity index (χ3v) is 2.92. The molecule has 20 heavy (non-hydrogen) atoms. The van der Waals surface area contributed by atoms with E-state index in [0.717, 1.165) is 18.2 Å². The molecular weight excluding hydrogens is 295 g/mol. The van der Waals surface area contributed by atoms with Crippen LogP contribution in [0.4, 0.5) is 18.9 Å². The fourth-order valence-corrected chi connectivity index (χ4v) is 1.89. The Morgan fingerprint density at radius 1 is 1.15 bits per heavy atom. The Morgan fingerprint density at radius 2 is 1.80 bits per heavy atom. The topological polar surface area (TPSA) is 43.1 Å². The van der Waals surface area contributed by atoms with Crippen LogP contribution in [0, 0.1) is 16.2 Å². The van der Waals surface area contributed by atoms with E-state index in [0.29, 0.717) is 0 Å². The van der Waals surface area contributed by atoms with Gasteiger partial charge in [-0.05, 0) is 29.3 Å². The van der Waals surface area contributed by atoms with Crippen LogP contribution in [0.2, 0.25) is 5.02 Å². The molecule has 0 bridgehead atoms. The summed E-state index contributed by atoms with van der Waals surface area (Å²) in [5.41, 5.74) is -0.811. The lowest BCUT2D eigenvalue weighted by molar-refractivity contribution is -0.385. The zero-order valence-corrected chi connectivity index (χ0v) is 10.5. The second-order valence-corrected chi connectivity index (χ2v) is 4.32. The van der Waals surface area contributed by atoms with Gasteiger partial charge in [-0.25, -0.2) is 0 Å². The molecule has 2 aromatic carbocycles. The van der Waals surface area contributed by atoms with Crippen LogP contribution < -0.4 is 0 Å². The van der Waals surface area contributed by atoms with E-state index in [-0.39, 0.29) is 16.8 Å². The lowest BCUT2D eigenvalue weighted by Gasteiger charge is -2.11. The van der Waals surface area contributed by atoms with Gasteiger partial charge in [0.25, 0.3) is 5.69 Å². The van der Waals surface area contributed by atoms with E-state index in [1.165, 1.54) is 18.2 Å². The van der Waals surface area contributed by atoms with Crippen LogP contribution in [0.3, 0.4) is 0 Å². The number of rotatable bonds is 2. The van der Waals surface area contributed by atoms with Crippen LogP contribution >= 0.6 is 11.6 Å². The van der Waals surface area contributed by atoms with Crippen molar-refractivity contribution in [3.05, 3.63) is 63.2 Å². The molecule has 0 unspecified atom stereocenters. The highest BCUT2D eigenvalue weighted by molar-refractivity contribution is 6.31. The van der Waals surface area contributed by atoms with Crippen LogP contribution in [0.5, 0.6) is 0 Å². The van der Waals surface area contributed by atoms with E-state index < -0.39 is 21.7 Å². The number of halogens is 4. The molecule has 0 atom stereocenters. The van der Waals surface area contributed by atoms with E-state index >= 15 is 0 Å². The molecule has 1 radical (unpaired) electrons. The Hall–Kier alpha value is -2.08. The van der Waals surface area contributed by atoms with Gasteiger partial charge in [0.1, 0.15) is 0 Å². The summed E-state index contributed by atoms with van der Waals surface area (Å²) in [6, 6.07) is 9.62. The molecule has 0 heterocycles. The monoisotopic (exact) mass is 300 g/mol. The van der Waals surface area contributed by atoms with Gasteiger partial charge in [0.05, 0.1) is 21.6 Å². The Morgan fingerprint density at radius 3 is 2.40 bits per heavy atom. The van der Waals surface area contributed by atoms with Crippen LogP contribution in [0.15, 0.2) is 36.4 Å². The Balaban J connectivity index is 2.54. The highest BCUT2D eigenvalue weighted by atomic mass is 35.5. The maximum absolute atomic E-state index is 12.8. The van der Waals surface area contributed by atoms with Crippen LogP contribution in [0.25, 0.3) is 11.1 Å². The van der Waals surface area contributed by atoms with Crippen molar-refractivity contribution in [2.75, 3.05) is 0 Å². The molecule has 0 N–H and O–H groups in total. The third kappa shape index (κ3) is 2.91. The molecule has 0 aliphatic carbocycles. The summed E-state index contributed by atoms with van der Waals surface area (Å²) in [4.78, 5) is 9.98. The average molecular weight is 301 g/mol. The zero-order valence-electron chi connectivity index (χ0n) is 9.74. The van der Waals surface area contributed by atoms with Gasteiger partial charge in [0.15, 0.2) is 0 Å². The van der Waals surface area contributed by atoms with Crippen LogP contribution in [-0.2, 0) is 6.18 Å². The number of nitro benzene ring substituents is 1. The first kappa shape index (κ1) is 14.3. The fraction of sp³-hybridized carbons (Fsp3) is 0.0769. The minimum Gasteiger partial charge on any atom is -0.258 e. The van der Waals surface area contributed by atoms with Crippen molar-refractivity contribution < 1.29 is 18.1 Å². The van der Waals surface area contributed by atoms with E-state index in [1.54, 1.807) is 0 Å². The molecule has 0 aliphatic rings. The van der Waals surface area contributed by atoms with Gasteiger partial charge in [-0.1, -0.05) is 23.7 Å². The molecule has 0 saturated heterocycles. The minimum absolute atomic E-state index is 0.193. The molecule has 0 fully saturated rings. The summed E-state index contributed by atoms with van der Waals surface area (Å²) in [6.45, 7) is 0. The van der Waals surface area contributed by atoms with Gasteiger partial charge in [-0.2, -0.15) is 13.2 Å². The number of nitro groups is 1. The number of alkyl halides is 3. The number of hydrogen-bond donors (Lipinski definition) is 0. The Kier molecular flexibility index (Phi) is 3.67. The summed E-state index contributed by atoms with van der Waals surface area (Å²) in [6.07, 6.45) is -4.58. The van der Waals surface area contributed by atoms with Gasteiger partial charge < -0.3 is 0 Å². The van der Waals surface area contributed by atoms with Crippen molar-refractivity contribution in [1.82, 2.24) is 0 Å². The van der Waals surface area contributed by atoms with Gasteiger partial charge in [0, 0.05) is 6.07 Å². The predicted molar refractivity (Wildman–Crippen MR) is 67.4 cm³/mol.